The predicted octanol–water partition coefficient (Wildman–Crippen LogP) is 2.74. The van der Waals surface area contributed by atoms with Gasteiger partial charge in [-0.1, -0.05) is 38.1 Å². The minimum atomic E-state index is -0.659. The molecule has 20 heavy (non-hydrogen) atoms. The molecule has 2 unspecified atom stereocenters. The maximum absolute atomic E-state index is 11.5. The van der Waals surface area contributed by atoms with Crippen molar-refractivity contribution in [1.29, 1.82) is 0 Å². The van der Waals surface area contributed by atoms with Crippen LogP contribution < -0.4 is 5.32 Å². The highest BCUT2D eigenvalue weighted by Crippen LogP contribution is 2.24. The lowest BCUT2D eigenvalue weighted by atomic mass is 9.85. The van der Waals surface area contributed by atoms with Crippen molar-refractivity contribution >= 4 is 5.97 Å². The number of carboxylic acids is 1. The average molecular weight is 275 g/mol. The van der Waals surface area contributed by atoms with Crippen molar-refractivity contribution in [3.63, 3.8) is 0 Å². The van der Waals surface area contributed by atoms with Crippen LogP contribution in [0.4, 0.5) is 0 Å². The summed E-state index contributed by atoms with van der Waals surface area (Å²) >= 11 is 0. The molecule has 1 aliphatic rings. The normalized spacial score (nSPS) is 20.2. The summed E-state index contributed by atoms with van der Waals surface area (Å²) < 4.78 is 0. The molecule has 0 radical (unpaired) electrons. The Kier molecular flexibility index (Phi) is 5.18. The van der Waals surface area contributed by atoms with Gasteiger partial charge in [0, 0.05) is 0 Å². The van der Waals surface area contributed by atoms with Crippen LogP contribution in [0.25, 0.3) is 0 Å². The van der Waals surface area contributed by atoms with E-state index in [-0.39, 0.29) is 11.8 Å². The predicted molar refractivity (Wildman–Crippen MR) is 80.8 cm³/mol. The van der Waals surface area contributed by atoms with Gasteiger partial charge in [-0.15, -0.1) is 0 Å². The maximum Gasteiger partial charge on any atom is 0.307 e. The fourth-order valence-electron chi connectivity index (χ4n) is 3.08. The van der Waals surface area contributed by atoms with E-state index in [2.05, 4.69) is 43.4 Å². The summed E-state index contributed by atoms with van der Waals surface area (Å²) in [5.41, 5.74) is 2.47. The van der Waals surface area contributed by atoms with Crippen LogP contribution in [-0.4, -0.2) is 24.2 Å². The van der Waals surface area contributed by atoms with E-state index in [9.17, 15) is 9.90 Å². The molecule has 0 aromatic heterocycles. The lowest BCUT2D eigenvalue weighted by Crippen LogP contribution is -2.27. The van der Waals surface area contributed by atoms with Gasteiger partial charge in [-0.05, 0) is 55.3 Å². The molecule has 3 heteroatoms. The smallest absolute Gasteiger partial charge is 0.307 e. The molecule has 0 saturated carbocycles. The van der Waals surface area contributed by atoms with E-state index in [0.717, 1.165) is 31.5 Å². The van der Waals surface area contributed by atoms with Gasteiger partial charge in [-0.25, -0.2) is 0 Å². The van der Waals surface area contributed by atoms with Crippen molar-refractivity contribution < 1.29 is 9.90 Å². The Bertz CT molecular complexity index is 450. The summed E-state index contributed by atoms with van der Waals surface area (Å²) in [6.45, 7) is 6.19. The zero-order chi connectivity index (χ0) is 14.5. The second kappa shape index (κ2) is 6.89. The highest BCUT2D eigenvalue weighted by Gasteiger charge is 2.30. The number of nitrogens with one attached hydrogen (secondary N) is 1. The van der Waals surface area contributed by atoms with Crippen molar-refractivity contribution in [3.8, 4) is 0 Å². The maximum atomic E-state index is 11.5. The standard InChI is InChI=1S/C17H25NO2/c1-12(2)8-13-4-3-5-14(9-13)10-16(17(19)20)15-6-7-18-11-15/h3-5,9,12,15-16,18H,6-8,10-11H2,1-2H3,(H,19,20). The van der Waals surface area contributed by atoms with Gasteiger partial charge in [-0.2, -0.15) is 0 Å². The largest absolute Gasteiger partial charge is 0.481 e. The van der Waals surface area contributed by atoms with Crippen LogP contribution in [0.5, 0.6) is 0 Å². The zero-order valence-corrected chi connectivity index (χ0v) is 12.4. The highest BCUT2D eigenvalue weighted by atomic mass is 16.4. The molecule has 2 atom stereocenters. The Hall–Kier alpha value is -1.35. The van der Waals surface area contributed by atoms with Gasteiger partial charge in [0.2, 0.25) is 0 Å². The molecule has 0 amide bonds. The number of rotatable bonds is 6. The molecule has 1 aromatic carbocycles. The first-order valence-corrected chi connectivity index (χ1v) is 7.57. The fourth-order valence-corrected chi connectivity index (χ4v) is 3.08. The number of benzene rings is 1. The van der Waals surface area contributed by atoms with Gasteiger partial charge in [0.25, 0.3) is 0 Å². The van der Waals surface area contributed by atoms with Crippen molar-refractivity contribution in [2.24, 2.45) is 17.8 Å². The lowest BCUT2D eigenvalue weighted by Gasteiger charge is -2.19. The summed E-state index contributed by atoms with van der Waals surface area (Å²) in [5.74, 6) is -0.0342. The van der Waals surface area contributed by atoms with Crippen LogP contribution in [0.15, 0.2) is 24.3 Å². The van der Waals surface area contributed by atoms with Gasteiger partial charge in [-0.3, -0.25) is 4.79 Å². The van der Waals surface area contributed by atoms with E-state index in [1.54, 1.807) is 0 Å². The van der Waals surface area contributed by atoms with Gasteiger partial charge in [0.05, 0.1) is 5.92 Å². The summed E-state index contributed by atoms with van der Waals surface area (Å²) in [6, 6.07) is 8.43. The minimum Gasteiger partial charge on any atom is -0.481 e. The Morgan fingerprint density at radius 3 is 2.60 bits per heavy atom. The van der Waals surface area contributed by atoms with Crippen molar-refractivity contribution in [2.75, 3.05) is 13.1 Å². The Balaban J connectivity index is 2.07. The van der Waals surface area contributed by atoms with Crippen LogP contribution >= 0.6 is 0 Å². The molecule has 2 rings (SSSR count). The first kappa shape index (κ1) is 15.0. The fraction of sp³-hybridized carbons (Fsp3) is 0.588. The van der Waals surface area contributed by atoms with Crippen LogP contribution in [0.3, 0.4) is 0 Å². The van der Waals surface area contributed by atoms with Gasteiger partial charge in [0.15, 0.2) is 0 Å². The molecule has 1 saturated heterocycles. The van der Waals surface area contributed by atoms with E-state index in [0.29, 0.717) is 12.3 Å². The molecule has 1 aromatic rings. The van der Waals surface area contributed by atoms with E-state index >= 15 is 0 Å². The van der Waals surface area contributed by atoms with Gasteiger partial charge in [0.1, 0.15) is 0 Å². The molecular weight excluding hydrogens is 250 g/mol. The monoisotopic (exact) mass is 275 g/mol. The second-order valence-electron chi connectivity index (χ2n) is 6.32. The molecule has 3 nitrogen and oxygen atoms in total. The van der Waals surface area contributed by atoms with Crippen LogP contribution in [0.1, 0.15) is 31.4 Å². The van der Waals surface area contributed by atoms with E-state index in [1.165, 1.54) is 5.56 Å². The Morgan fingerprint density at radius 2 is 2.05 bits per heavy atom. The van der Waals surface area contributed by atoms with Crippen molar-refractivity contribution in [3.05, 3.63) is 35.4 Å². The quantitative estimate of drug-likeness (QED) is 0.839. The summed E-state index contributed by atoms with van der Waals surface area (Å²) in [5, 5.41) is 12.7. The first-order valence-electron chi connectivity index (χ1n) is 7.57. The number of hydrogen-bond acceptors (Lipinski definition) is 2. The molecule has 0 aliphatic carbocycles. The third kappa shape index (κ3) is 4.07. The molecule has 2 N–H and O–H groups in total. The minimum absolute atomic E-state index is 0.265. The molecular formula is C17H25NO2. The number of hydrogen-bond donors (Lipinski definition) is 2. The molecule has 0 bridgehead atoms. The first-order chi connectivity index (χ1) is 9.56. The number of carboxylic acid groups (broad SMARTS) is 1. The second-order valence-corrected chi connectivity index (χ2v) is 6.32. The third-order valence-electron chi connectivity index (χ3n) is 4.08. The van der Waals surface area contributed by atoms with Crippen LogP contribution in [-0.2, 0) is 17.6 Å². The lowest BCUT2D eigenvalue weighted by molar-refractivity contribution is -0.143. The molecule has 110 valence electrons. The van der Waals surface area contributed by atoms with Crippen molar-refractivity contribution in [2.45, 2.75) is 33.1 Å². The topological polar surface area (TPSA) is 49.3 Å². The molecule has 1 aliphatic heterocycles. The highest BCUT2D eigenvalue weighted by molar-refractivity contribution is 5.71. The third-order valence-corrected chi connectivity index (χ3v) is 4.08. The summed E-state index contributed by atoms with van der Waals surface area (Å²) in [4.78, 5) is 11.5. The van der Waals surface area contributed by atoms with E-state index in [1.807, 2.05) is 0 Å². The zero-order valence-electron chi connectivity index (χ0n) is 12.4. The number of carbonyl (C=O) groups is 1. The van der Waals surface area contributed by atoms with Crippen molar-refractivity contribution in [1.82, 2.24) is 5.32 Å². The van der Waals surface area contributed by atoms with Gasteiger partial charge < -0.3 is 10.4 Å². The van der Waals surface area contributed by atoms with E-state index in [4.69, 9.17) is 0 Å². The number of aliphatic carboxylic acids is 1. The Labute approximate surface area is 121 Å². The van der Waals surface area contributed by atoms with Crippen LogP contribution in [0.2, 0.25) is 0 Å². The average Bonchev–Trinajstić information content (AvgIpc) is 2.88. The summed E-state index contributed by atoms with van der Waals surface area (Å²) in [7, 11) is 0. The van der Waals surface area contributed by atoms with Crippen LogP contribution in [0, 0.1) is 17.8 Å². The molecule has 1 heterocycles. The molecule has 0 spiro atoms. The van der Waals surface area contributed by atoms with Gasteiger partial charge >= 0.3 is 5.97 Å². The SMILES string of the molecule is CC(C)Cc1cccc(CC(C(=O)O)C2CCNC2)c1. The Morgan fingerprint density at radius 1 is 1.35 bits per heavy atom. The van der Waals surface area contributed by atoms with E-state index < -0.39 is 5.97 Å². The summed E-state index contributed by atoms with van der Waals surface area (Å²) in [6.07, 6.45) is 2.67. The molecule has 1 fully saturated rings.